The van der Waals surface area contributed by atoms with Gasteiger partial charge in [-0.05, 0) is 36.6 Å². The SMILES string of the molecule is CCN1CCN(Cc2ccc(-c3nc(N)nc(-c4sc5c(C(C)C)[nH]nc5c4C)c3F)nc2)CC1. The lowest BCUT2D eigenvalue weighted by Gasteiger charge is -2.33. The second kappa shape index (κ2) is 9.60. The summed E-state index contributed by atoms with van der Waals surface area (Å²) < 4.78 is 16.8. The molecule has 184 valence electrons. The largest absolute Gasteiger partial charge is 0.368 e. The lowest BCUT2D eigenvalue weighted by molar-refractivity contribution is 0.132. The molecule has 0 radical (unpaired) electrons. The number of thiophene rings is 1. The van der Waals surface area contributed by atoms with Gasteiger partial charge in [-0.3, -0.25) is 15.0 Å². The second-order valence-electron chi connectivity index (χ2n) is 9.38. The van der Waals surface area contributed by atoms with Crippen LogP contribution in [-0.2, 0) is 6.54 Å². The van der Waals surface area contributed by atoms with E-state index in [9.17, 15) is 0 Å². The molecule has 10 heteroatoms. The highest BCUT2D eigenvalue weighted by Gasteiger charge is 2.24. The number of H-pyrrole nitrogens is 1. The molecule has 4 aromatic rings. The summed E-state index contributed by atoms with van der Waals surface area (Å²) in [7, 11) is 0. The Morgan fingerprint density at radius 3 is 2.49 bits per heavy atom. The van der Waals surface area contributed by atoms with E-state index < -0.39 is 5.82 Å². The second-order valence-corrected chi connectivity index (χ2v) is 10.4. The minimum absolute atomic E-state index is 0.0205. The number of piperazine rings is 1. The predicted molar refractivity (Wildman–Crippen MR) is 139 cm³/mol. The lowest BCUT2D eigenvalue weighted by atomic mass is 10.1. The van der Waals surface area contributed by atoms with Crippen molar-refractivity contribution in [2.24, 2.45) is 0 Å². The van der Waals surface area contributed by atoms with Crippen LogP contribution in [-0.4, -0.2) is 67.7 Å². The topological polar surface area (TPSA) is 99.8 Å². The number of pyridine rings is 1. The van der Waals surface area contributed by atoms with Crippen molar-refractivity contribution in [3.8, 4) is 22.0 Å². The molecule has 4 aromatic heterocycles. The number of nitrogens with one attached hydrogen (secondary N) is 1. The van der Waals surface area contributed by atoms with Crippen molar-refractivity contribution in [3.63, 3.8) is 0 Å². The summed E-state index contributed by atoms with van der Waals surface area (Å²) in [4.78, 5) is 18.6. The first-order valence-electron chi connectivity index (χ1n) is 12.1. The highest BCUT2D eigenvalue weighted by atomic mass is 32.1. The Hall–Kier alpha value is -2.95. The molecule has 0 atom stereocenters. The number of aromatic amines is 1. The number of aryl methyl sites for hydroxylation is 1. The van der Waals surface area contributed by atoms with Gasteiger partial charge >= 0.3 is 0 Å². The molecule has 1 aliphatic heterocycles. The third-order valence-corrected chi connectivity index (χ3v) is 8.02. The highest BCUT2D eigenvalue weighted by molar-refractivity contribution is 7.22. The molecular formula is C25H31FN8S. The van der Waals surface area contributed by atoms with E-state index in [4.69, 9.17) is 5.73 Å². The lowest BCUT2D eigenvalue weighted by Crippen LogP contribution is -2.45. The van der Waals surface area contributed by atoms with Gasteiger partial charge in [-0.15, -0.1) is 11.3 Å². The van der Waals surface area contributed by atoms with Crippen LogP contribution in [0.3, 0.4) is 0 Å². The summed E-state index contributed by atoms with van der Waals surface area (Å²) in [5.41, 5.74) is 10.6. The molecule has 1 aliphatic rings. The van der Waals surface area contributed by atoms with Gasteiger partial charge in [0.2, 0.25) is 5.95 Å². The van der Waals surface area contributed by atoms with Crippen molar-refractivity contribution in [2.45, 2.75) is 40.2 Å². The van der Waals surface area contributed by atoms with Crippen LogP contribution in [0.15, 0.2) is 18.3 Å². The van der Waals surface area contributed by atoms with Crippen LogP contribution in [0, 0.1) is 12.7 Å². The van der Waals surface area contributed by atoms with E-state index >= 15 is 4.39 Å². The van der Waals surface area contributed by atoms with Crippen LogP contribution in [0.4, 0.5) is 10.3 Å². The van der Waals surface area contributed by atoms with Crippen molar-refractivity contribution < 1.29 is 4.39 Å². The Balaban J connectivity index is 1.44. The molecule has 3 N–H and O–H groups in total. The fourth-order valence-corrected chi connectivity index (χ4v) is 5.94. The predicted octanol–water partition coefficient (Wildman–Crippen LogP) is 4.43. The standard InChI is InChI=1S/C25H31FN8S/c1-5-33-8-10-34(11-9-33)13-16-6-7-17(28-12-16)21-18(26)22(30-25(27)29-21)23-15(4)20-24(35-23)19(14(2)3)31-32-20/h6-7,12,14H,5,8-11,13H2,1-4H3,(H,31,32)(H2,27,29,30). The number of rotatable bonds is 6. The Bertz CT molecular complexity index is 1340. The normalized spacial score (nSPS) is 15.5. The highest BCUT2D eigenvalue weighted by Crippen LogP contribution is 2.41. The summed E-state index contributed by atoms with van der Waals surface area (Å²) in [5.74, 6) is -0.218. The number of nitrogens with zero attached hydrogens (tertiary/aromatic N) is 6. The minimum atomic E-state index is -0.516. The minimum Gasteiger partial charge on any atom is -0.368 e. The van der Waals surface area contributed by atoms with Gasteiger partial charge in [-0.1, -0.05) is 26.8 Å². The number of likely N-dealkylation sites (N-methyl/N-ethyl adjacent to an activating group) is 1. The van der Waals surface area contributed by atoms with Gasteiger partial charge in [-0.25, -0.2) is 14.4 Å². The van der Waals surface area contributed by atoms with Gasteiger partial charge in [0.25, 0.3) is 0 Å². The molecule has 0 spiro atoms. The molecule has 0 aliphatic carbocycles. The van der Waals surface area contributed by atoms with Gasteiger partial charge in [0.05, 0.1) is 21.0 Å². The van der Waals surface area contributed by atoms with Gasteiger partial charge in [0, 0.05) is 38.9 Å². The number of anilines is 1. The van der Waals surface area contributed by atoms with E-state index in [1.165, 1.54) is 11.3 Å². The van der Waals surface area contributed by atoms with E-state index in [1.807, 2.05) is 19.1 Å². The van der Waals surface area contributed by atoms with Crippen LogP contribution in [0.25, 0.3) is 32.2 Å². The molecule has 35 heavy (non-hydrogen) atoms. The number of nitrogens with two attached hydrogens (primary N) is 1. The first kappa shape index (κ1) is 23.8. The van der Waals surface area contributed by atoms with Crippen LogP contribution in [0.5, 0.6) is 0 Å². The Morgan fingerprint density at radius 2 is 1.83 bits per heavy atom. The number of hydrogen-bond acceptors (Lipinski definition) is 8. The molecular weight excluding hydrogens is 463 g/mol. The molecule has 0 bridgehead atoms. The number of hydrogen-bond donors (Lipinski definition) is 2. The van der Waals surface area contributed by atoms with Gasteiger partial charge in [0.15, 0.2) is 5.82 Å². The molecule has 1 saturated heterocycles. The number of nitrogen functional groups attached to an aromatic ring is 1. The summed E-state index contributed by atoms with van der Waals surface area (Å²) in [5, 5.41) is 7.56. The van der Waals surface area contributed by atoms with Crippen molar-refractivity contribution in [2.75, 3.05) is 38.5 Å². The number of fused-ring (bicyclic) bond motifs is 1. The maximum Gasteiger partial charge on any atom is 0.221 e. The van der Waals surface area contributed by atoms with Crippen LogP contribution >= 0.6 is 11.3 Å². The van der Waals surface area contributed by atoms with Crippen molar-refractivity contribution in [3.05, 3.63) is 41.0 Å². The Morgan fingerprint density at radius 1 is 1.11 bits per heavy atom. The van der Waals surface area contributed by atoms with Crippen molar-refractivity contribution in [1.29, 1.82) is 0 Å². The average molecular weight is 495 g/mol. The first-order valence-corrected chi connectivity index (χ1v) is 12.9. The molecule has 5 rings (SSSR count). The van der Waals surface area contributed by atoms with E-state index in [-0.39, 0.29) is 23.3 Å². The maximum absolute atomic E-state index is 15.8. The molecule has 0 aromatic carbocycles. The van der Waals surface area contributed by atoms with E-state index in [1.54, 1.807) is 6.20 Å². The molecule has 0 saturated carbocycles. The molecule has 8 nitrogen and oxygen atoms in total. The van der Waals surface area contributed by atoms with E-state index in [0.29, 0.717) is 10.6 Å². The molecule has 5 heterocycles. The van der Waals surface area contributed by atoms with Crippen molar-refractivity contribution in [1.82, 2.24) is 34.9 Å². The first-order chi connectivity index (χ1) is 16.9. The summed E-state index contributed by atoms with van der Waals surface area (Å²) >= 11 is 1.48. The fourth-order valence-electron chi connectivity index (χ4n) is 4.57. The van der Waals surface area contributed by atoms with Crippen LogP contribution < -0.4 is 5.73 Å². The summed E-state index contributed by atoms with van der Waals surface area (Å²) in [6.07, 6.45) is 1.80. The van der Waals surface area contributed by atoms with Gasteiger partial charge in [-0.2, -0.15) is 5.10 Å². The third kappa shape index (κ3) is 4.53. The quantitative estimate of drug-likeness (QED) is 0.409. The van der Waals surface area contributed by atoms with Crippen LogP contribution in [0.1, 0.15) is 43.5 Å². The molecule has 0 amide bonds. The number of aromatic nitrogens is 5. The smallest absolute Gasteiger partial charge is 0.221 e. The summed E-state index contributed by atoms with van der Waals surface area (Å²) in [6, 6.07) is 3.81. The summed E-state index contributed by atoms with van der Waals surface area (Å²) in [6.45, 7) is 14.5. The molecule has 0 unspecified atom stereocenters. The van der Waals surface area contributed by atoms with Gasteiger partial charge < -0.3 is 10.6 Å². The fraction of sp³-hybridized carbons (Fsp3) is 0.440. The van der Waals surface area contributed by atoms with Gasteiger partial charge in [0.1, 0.15) is 16.9 Å². The third-order valence-electron chi connectivity index (χ3n) is 6.69. The van der Waals surface area contributed by atoms with Crippen LogP contribution in [0.2, 0.25) is 0 Å². The van der Waals surface area contributed by atoms with E-state index in [0.717, 1.165) is 66.3 Å². The van der Waals surface area contributed by atoms with Crippen molar-refractivity contribution >= 4 is 27.5 Å². The molecule has 1 fully saturated rings. The van der Waals surface area contributed by atoms with E-state index in [2.05, 4.69) is 55.7 Å². The average Bonchev–Trinajstić information content (AvgIpc) is 3.41. The zero-order valence-corrected chi connectivity index (χ0v) is 21.4. The number of halogens is 1. The Kier molecular flexibility index (Phi) is 6.52. The maximum atomic E-state index is 15.8. The Labute approximate surface area is 208 Å². The zero-order valence-electron chi connectivity index (χ0n) is 20.6. The zero-order chi connectivity index (χ0) is 24.7. The monoisotopic (exact) mass is 494 g/mol.